The molecule has 2 aliphatic heterocycles. The van der Waals surface area contributed by atoms with Crippen molar-refractivity contribution in [1.82, 2.24) is 14.3 Å². The van der Waals surface area contributed by atoms with Gasteiger partial charge in [-0.2, -0.15) is 5.10 Å². The number of para-hydroxylation sites is 3. The number of hydrogen-bond donors (Lipinski definition) is 0. The second-order valence-electron chi connectivity index (χ2n) is 10.1. The van der Waals surface area contributed by atoms with Crippen LogP contribution in [0.4, 0.5) is 0 Å². The van der Waals surface area contributed by atoms with Gasteiger partial charge < -0.3 is 9.30 Å². The number of aromatic nitrogens is 3. The maximum atomic E-state index is 6.79. The fourth-order valence-corrected chi connectivity index (χ4v) is 7.63. The van der Waals surface area contributed by atoms with E-state index in [0.29, 0.717) is 5.92 Å². The minimum atomic E-state index is -0.322. The van der Waals surface area contributed by atoms with E-state index in [4.69, 9.17) is 9.84 Å². The number of nitrogens with zero attached hydrogens (tertiary/aromatic N) is 3. The van der Waals surface area contributed by atoms with Crippen LogP contribution in [0.5, 0.6) is 5.88 Å². The van der Waals surface area contributed by atoms with E-state index in [1.807, 2.05) is 22.5 Å². The lowest BCUT2D eigenvalue weighted by Gasteiger charge is -2.46. The molecule has 7 rings (SSSR count). The molecule has 0 saturated heterocycles. The Hall–Kier alpha value is -3.44. The molecule has 3 aromatic carbocycles. The molecule has 5 aromatic rings. The van der Waals surface area contributed by atoms with Crippen molar-refractivity contribution in [3.63, 3.8) is 0 Å². The largest absolute Gasteiger partial charge is 0.471 e. The summed E-state index contributed by atoms with van der Waals surface area (Å²) in [4.78, 5) is 0. The maximum absolute atomic E-state index is 6.79. The van der Waals surface area contributed by atoms with E-state index in [1.54, 1.807) is 0 Å². The summed E-state index contributed by atoms with van der Waals surface area (Å²) in [6.45, 7) is 6.62. The Morgan fingerprint density at radius 1 is 0.857 bits per heavy atom. The molecule has 0 radical (unpaired) electrons. The van der Waals surface area contributed by atoms with Crippen molar-refractivity contribution in [2.24, 2.45) is 5.92 Å². The predicted octanol–water partition coefficient (Wildman–Crippen LogP) is 7.15. The van der Waals surface area contributed by atoms with E-state index >= 15 is 0 Å². The summed E-state index contributed by atoms with van der Waals surface area (Å²) in [6, 6.07) is 29.9. The van der Waals surface area contributed by atoms with E-state index in [0.717, 1.165) is 23.0 Å². The van der Waals surface area contributed by atoms with Crippen LogP contribution < -0.4 is 4.74 Å². The molecule has 0 fully saturated rings. The molecule has 174 valence electrons. The van der Waals surface area contributed by atoms with Crippen LogP contribution in [0.2, 0.25) is 0 Å². The van der Waals surface area contributed by atoms with Crippen molar-refractivity contribution < 1.29 is 4.74 Å². The molecule has 4 heterocycles. The Kier molecular flexibility index (Phi) is 4.49. The molecule has 0 aliphatic carbocycles. The smallest absolute Gasteiger partial charge is 0.221 e. The third kappa shape index (κ3) is 2.97. The summed E-state index contributed by atoms with van der Waals surface area (Å²) in [5, 5.41) is 7.68. The van der Waals surface area contributed by atoms with Gasteiger partial charge >= 0.3 is 0 Å². The number of aryl methyl sites for hydroxylation is 1. The molecule has 0 N–H and O–H groups in total. The van der Waals surface area contributed by atoms with Crippen LogP contribution in [0, 0.1) is 12.8 Å². The molecular weight excluding hydrogens is 450 g/mol. The lowest BCUT2D eigenvalue weighted by molar-refractivity contribution is 0.0201. The number of ether oxygens (including phenoxy) is 1. The molecule has 35 heavy (non-hydrogen) atoms. The highest BCUT2D eigenvalue weighted by Crippen LogP contribution is 2.58. The molecule has 2 atom stereocenters. The monoisotopic (exact) mass is 477 g/mol. The lowest BCUT2D eigenvalue weighted by atomic mass is 9.72. The molecule has 2 aromatic heterocycles. The Labute approximate surface area is 209 Å². The van der Waals surface area contributed by atoms with E-state index in [-0.39, 0.29) is 11.5 Å². The van der Waals surface area contributed by atoms with Crippen LogP contribution in [-0.2, 0) is 0 Å². The molecule has 0 amide bonds. The van der Waals surface area contributed by atoms with Gasteiger partial charge in [-0.3, -0.25) is 0 Å². The number of rotatable bonds is 2. The minimum Gasteiger partial charge on any atom is -0.471 e. The van der Waals surface area contributed by atoms with Crippen LogP contribution in [0.1, 0.15) is 36.6 Å². The van der Waals surface area contributed by atoms with Crippen molar-refractivity contribution in [3.8, 4) is 17.3 Å². The average Bonchev–Trinajstić information content (AvgIpc) is 3.39. The Morgan fingerprint density at radius 2 is 1.51 bits per heavy atom. The van der Waals surface area contributed by atoms with Gasteiger partial charge in [0, 0.05) is 39.8 Å². The molecule has 0 unspecified atom stereocenters. The molecule has 5 heteroatoms. The third-order valence-corrected chi connectivity index (χ3v) is 8.82. The fourth-order valence-electron chi connectivity index (χ4n) is 5.97. The molecule has 2 aliphatic rings. The Morgan fingerprint density at radius 3 is 2.26 bits per heavy atom. The van der Waals surface area contributed by atoms with Crippen LogP contribution >= 0.6 is 11.8 Å². The predicted molar refractivity (Wildman–Crippen MR) is 142 cm³/mol. The summed E-state index contributed by atoms with van der Waals surface area (Å²) < 4.78 is 11.2. The first-order valence-corrected chi connectivity index (χ1v) is 13.2. The van der Waals surface area contributed by atoms with Gasteiger partial charge in [0.15, 0.2) is 0 Å². The Balaban J connectivity index is 1.54. The van der Waals surface area contributed by atoms with Crippen molar-refractivity contribution in [3.05, 3.63) is 102 Å². The van der Waals surface area contributed by atoms with E-state index in [2.05, 4.69) is 104 Å². The summed E-state index contributed by atoms with van der Waals surface area (Å²) >= 11 is 1.96. The van der Waals surface area contributed by atoms with Gasteiger partial charge in [0.1, 0.15) is 5.60 Å². The first-order chi connectivity index (χ1) is 17.0. The third-order valence-electron chi connectivity index (χ3n) is 7.62. The van der Waals surface area contributed by atoms with Crippen molar-refractivity contribution >= 4 is 22.7 Å². The van der Waals surface area contributed by atoms with Gasteiger partial charge in [0.05, 0.1) is 21.9 Å². The topological polar surface area (TPSA) is 32.0 Å². The summed E-state index contributed by atoms with van der Waals surface area (Å²) in [6.07, 6.45) is 0. The normalized spacial score (nSPS) is 20.1. The van der Waals surface area contributed by atoms with Gasteiger partial charge in [-0.25, -0.2) is 4.68 Å². The Bertz CT molecular complexity index is 1570. The molecule has 0 saturated carbocycles. The zero-order chi connectivity index (χ0) is 23.7. The second-order valence-corrected chi connectivity index (χ2v) is 11.1. The average molecular weight is 478 g/mol. The van der Waals surface area contributed by atoms with Gasteiger partial charge in [-0.1, -0.05) is 54.6 Å². The van der Waals surface area contributed by atoms with Crippen molar-refractivity contribution in [2.75, 3.05) is 5.75 Å². The van der Waals surface area contributed by atoms with Gasteiger partial charge in [0.25, 0.3) is 0 Å². The maximum Gasteiger partial charge on any atom is 0.221 e. The first kappa shape index (κ1) is 20.9. The SMILES string of the molecule is Cc1nn(-c2ccccc2)c2c1[C@@H]1c3c(n(-c4ccccc4)c4ccccc34)SC[C@@H]1C(C)(C)O2. The molecule has 0 spiro atoms. The quantitative estimate of drug-likeness (QED) is 0.271. The molecule has 0 bridgehead atoms. The lowest BCUT2D eigenvalue weighted by Crippen LogP contribution is -2.47. The zero-order valence-corrected chi connectivity index (χ0v) is 20.9. The van der Waals surface area contributed by atoms with Gasteiger partial charge in [0.2, 0.25) is 5.88 Å². The second kappa shape index (κ2) is 7.53. The van der Waals surface area contributed by atoms with Crippen molar-refractivity contribution in [1.29, 1.82) is 0 Å². The van der Waals surface area contributed by atoms with Crippen LogP contribution in [0.25, 0.3) is 22.3 Å². The highest BCUT2D eigenvalue weighted by atomic mass is 32.2. The van der Waals surface area contributed by atoms with E-state index in [1.165, 1.54) is 32.7 Å². The number of fused-ring (bicyclic) bond motifs is 7. The molecular formula is C30H27N3OS. The number of benzene rings is 3. The van der Waals surface area contributed by atoms with Gasteiger partial charge in [-0.05, 0) is 51.1 Å². The summed E-state index contributed by atoms with van der Waals surface area (Å²) in [5.74, 6) is 2.45. The number of hydrogen-bond acceptors (Lipinski definition) is 3. The highest BCUT2D eigenvalue weighted by molar-refractivity contribution is 7.99. The first-order valence-electron chi connectivity index (χ1n) is 12.2. The van der Waals surface area contributed by atoms with Gasteiger partial charge in [-0.15, -0.1) is 11.8 Å². The fraction of sp³-hybridized carbons (Fsp3) is 0.233. The van der Waals surface area contributed by atoms with Crippen LogP contribution in [0.3, 0.4) is 0 Å². The van der Waals surface area contributed by atoms with E-state index < -0.39 is 0 Å². The standard InChI is InChI=1S/C30H27N3OS/c1-19-25-27-23(30(2,3)34-28(25)33(31-19)21-14-8-5-9-15-21)18-35-29-26(27)22-16-10-11-17-24(22)32(29)20-12-6-4-7-13-20/h4-17,23,27H,18H2,1-3H3/t23-,27+/m0/s1. The highest BCUT2D eigenvalue weighted by Gasteiger charge is 2.51. The molecule has 4 nitrogen and oxygen atoms in total. The van der Waals surface area contributed by atoms with Crippen molar-refractivity contribution in [2.45, 2.75) is 37.3 Å². The summed E-state index contributed by atoms with van der Waals surface area (Å²) in [5.41, 5.74) is 6.87. The summed E-state index contributed by atoms with van der Waals surface area (Å²) in [7, 11) is 0. The van der Waals surface area contributed by atoms with Crippen LogP contribution in [0.15, 0.2) is 90.0 Å². The zero-order valence-electron chi connectivity index (χ0n) is 20.1. The minimum absolute atomic E-state index is 0.220. The van der Waals surface area contributed by atoms with Crippen LogP contribution in [-0.4, -0.2) is 25.7 Å². The van der Waals surface area contributed by atoms with E-state index in [9.17, 15) is 0 Å². The number of thioether (sulfide) groups is 1.